The van der Waals surface area contributed by atoms with E-state index in [2.05, 4.69) is 78.9 Å². The van der Waals surface area contributed by atoms with Crippen LogP contribution in [0.3, 0.4) is 0 Å². The Morgan fingerprint density at radius 2 is 1.73 bits per heavy atom. The van der Waals surface area contributed by atoms with Crippen LogP contribution in [0.5, 0.6) is 11.5 Å². The number of hydrogen-bond acceptors (Lipinski definition) is 5. The molecule has 0 unspecified atom stereocenters. The number of terminal acetylenes is 1. The molecule has 1 amide bonds. The van der Waals surface area contributed by atoms with Gasteiger partial charge in [-0.15, -0.1) is 6.42 Å². The smallest absolute Gasteiger partial charge is 0.307 e. The number of rotatable bonds is 9. The molecule has 0 spiro atoms. The zero-order chi connectivity index (χ0) is 26.4. The number of carbonyl (C=O) groups excluding carboxylic acids is 1. The molecule has 0 aliphatic heterocycles. The minimum atomic E-state index is -0.476. The fourth-order valence-corrected chi connectivity index (χ4v) is 5.08. The summed E-state index contributed by atoms with van der Waals surface area (Å²) in [7, 11) is 0. The Morgan fingerprint density at radius 1 is 1.05 bits per heavy atom. The van der Waals surface area contributed by atoms with Crippen LogP contribution >= 0.6 is 31.9 Å². The highest BCUT2D eigenvalue weighted by molar-refractivity contribution is 9.11. The molecule has 0 radical (unpaired) electrons. The van der Waals surface area contributed by atoms with Crippen molar-refractivity contribution in [1.29, 1.82) is 0 Å². The number of amides is 1. The quantitative estimate of drug-likeness (QED) is 0.130. The second-order valence-corrected chi connectivity index (χ2v) is 9.71. The first-order chi connectivity index (χ1) is 17.9. The molecule has 0 bridgehead atoms. The molecular formula is C28H23Br2N3O4. The van der Waals surface area contributed by atoms with Gasteiger partial charge in [-0.05, 0) is 112 Å². The molecule has 2 aromatic heterocycles. The molecule has 0 aliphatic carbocycles. The van der Waals surface area contributed by atoms with Gasteiger partial charge in [0.2, 0.25) is 0 Å². The third kappa shape index (κ3) is 6.53. The molecule has 4 aromatic rings. The number of nitrogens with zero attached hydrogens (tertiary/aromatic N) is 2. The van der Waals surface area contributed by atoms with Crippen LogP contribution in [0, 0.1) is 26.2 Å². The highest BCUT2D eigenvalue weighted by atomic mass is 79.9. The summed E-state index contributed by atoms with van der Waals surface area (Å²) in [5.74, 6) is 3.88. The molecule has 0 aliphatic rings. The van der Waals surface area contributed by atoms with Gasteiger partial charge in [-0.25, -0.2) is 5.43 Å². The topological polar surface area (TPSA) is 78.0 Å². The summed E-state index contributed by atoms with van der Waals surface area (Å²) in [6, 6.07) is 18.9. The van der Waals surface area contributed by atoms with Crippen LogP contribution < -0.4 is 14.9 Å². The number of nitrogens with one attached hydrogen (secondary N) is 1. The van der Waals surface area contributed by atoms with Gasteiger partial charge in [-0.2, -0.15) is 5.10 Å². The maximum absolute atomic E-state index is 12.4. The molecular weight excluding hydrogens is 602 g/mol. The summed E-state index contributed by atoms with van der Waals surface area (Å²) >= 11 is 6.88. The minimum absolute atomic E-state index is 0.130. The molecule has 1 N–H and O–H groups in total. The Balaban J connectivity index is 1.31. The van der Waals surface area contributed by atoms with Crippen LogP contribution in [-0.4, -0.2) is 23.3 Å². The Bertz CT molecular complexity index is 1440. The highest BCUT2D eigenvalue weighted by Gasteiger charge is 2.12. The average Bonchev–Trinajstić information content (AvgIpc) is 3.49. The summed E-state index contributed by atoms with van der Waals surface area (Å²) in [4.78, 5) is 12.4. The predicted octanol–water partition coefficient (Wildman–Crippen LogP) is 6.57. The van der Waals surface area contributed by atoms with Crippen molar-refractivity contribution in [2.45, 2.75) is 20.5 Å². The minimum Gasteiger partial charge on any atom is -0.486 e. The van der Waals surface area contributed by atoms with Crippen LogP contribution in [-0.2, 0) is 6.61 Å². The summed E-state index contributed by atoms with van der Waals surface area (Å²) in [5.41, 5.74) is 6.59. The molecule has 9 heteroatoms. The van der Waals surface area contributed by atoms with Crippen LogP contribution in [0.25, 0.3) is 5.69 Å². The average molecular weight is 625 g/mol. The fourth-order valence-electron chi connectivity index (χ4n) is 3.63. The third-order valence-corrected chi connectivity index (χ3v) is 6.51. The first-order valence-electron chi connectivity index (χ1n) is 11.2. The molecule has 7 nitrogen and oxygen atoms in total. The van der Waals surface area contributed by atoms with E-state index < -0.39 is 5.91 Å². The lowest BCUT2D eigenvalue weighted by molar-refractivity contribution is 0.0923. The van der Waals surface area contributed by atoms with Gasteiger partial charge in [0.15, 0.2) is 5.76 Å². The molecule has 37 heavy (non-hydrogen) atoms. The molecule has 0 saturated carbocycles. The number of furan rings is 1. The van der Waals surface area contributed by atoms with Gasteiger partial charge in [-0.1, -0.05) is 5.92 Å². The van der Waals surface area contributed by atoms with Crippen molar-refractivity contribution < 1.29 is 18.7 Å². The monoisotopic (exact) mass is 623 g/mol. The number of aromatic nitrogens is 1. The number of hydrazone groups is 1. The van der Waals surface area contributed by atoms with Crippen molar-refractivity contribution >= 4 is 44.0 Å². The van der Waals surface area contributed by atoms with Crippen molar-refractivity contribution in [3.63, 3.8) is 0 Å². The van der Waals surface area contributed by atoms with E-state index in [-0.39, 0.29) is 19.0 Å². The van der Waals surface area contributed by atoms with E-state index in [4.69, 9.17) is 20.3 Å². The van der Waals surface area contributed by atoms with Crippen molar-refractivity contribution in [2.75, 3.05) is 6.61 Å². The van der Waals surface area contributed by atoms with Crippen molar-refractivity contribution in [3.05, 3.63) is 98.1 Å². The van der Waals surface area contributed by atoms with Crippen molar-refractivity contribution in [3.8, 4) is 29.5 Å². The second-order valence-electron chi connectivity index (χ2n) is 8.01. The molecule has 0 saturated heterocycles. The van der Waals surface area contributed by atoms with Crippen LogP contribution in [0.4, 0.5) is 0 Å². The van der Waals surface area contributed by atoms with Gasteiger partial charge in [0.05, 0.1) is 15.2 Å². The van der Waals surface area contributed by atoms with E-state index in [9.17, 15) is 4.79 Å². The Kier molecular flexibility index (Phi) is 8.54. The van der Waals surface area contributed by atoms with E-state index in [0.29, 0.717) is 26.2 Å². The van der Waals surface area contributed by atoms with Crippen LogP contribution in [0.15, 0.2) is 79.1 Å². The highest BCUT2D eigenvalue weighted by Crippen LogP contribution is 2.34. The summed E-state index contributed by atoms with van der Waals surface area (Å²) in [5, 5.41) is 4.00. The summed E-state index contributed by atoms with van der Waals surface area (Å²) < 4.78 is 20.5. The molecule has 0 atom stereocenters. The number of hydrogen-bond donors (Lipinski definition) is 1. The lowest BCUT2D eigenvalue weighted by Crippen LogP contribution is -2.16. The lowest BCUT2D eigenvalue weighted by atomic mass is 10.2. The first-order valence-corrected chi connectivity index (χ1v) is 12.8. The van der Waals surface area contributed by atoms with Gasteiger partial charge in [0.1, 0.15) is 30.5 Å². The Hall–Kier alpha value is -3.74. The summed E-state index contributed by atoms with van der Waals surface area (Å²) in [6.45, 7) is 4.48. The van der Waals surface area contributed by atoms with E-state index in [1.807, 2.05) is 24.3 Å². The SMILES string of the molecule is C#CCOc1c(Br)cc(/C=N/NC(=O)c2ccc(COc3ccc(-n4c(C)ccc4C)cc3)o2)cc1Br. The van der Waals surface area contributed by atoms with Gasteiger partial charge in [0.25, 0.3) is 0 Å². The van der Waals surface area contributed by atoms with Crippen LogP contribution in [0.2, 0.25) is 0 Å². The van der Waals surface area contributed by atoms with E-state index >= 15 is 0 Å². The molecule has 2 heterocycles. The van der Waals surface area contributed by atoms with Gasteiger partial charge >= 0.3 is 5.91 Å². The number of aryl methyl sites for hydroxylation is 2. The first kappa shape index (κ1) is 26.3. The summed E-state index contributed by atoms with van der Waals surface area (Å²) in [6.07, 6.45) is 6.75. The number of carbonyl (C=O) groups is 1. The third-order valence-electron chi connectivity index (χ3n) is 5.33. The lowest BCUT2D eigenvalue weighted by Gasteiger charge is -2.10. The van der Waals surface area contributed by atoms with Crippen molar-refractivity contribution in [2.24, 2.45) is 5.10 Å². The second kappa shape index (κ2) is 12.0. The number of halogens is 2. The van der Waals surface area contributed by atoms with Gasteiger partial charge in [0, 0.05) is 17.1 Å². The van der Waals surface area contributed by atoms with E-state index in [0.717, 1.165) is 11.3 Å². The maximum Gasteiger partial charge on any atom is 0.307 e. The van der Waals surface area contributed by atoms with Gasteiger partial charge < -0.3 is 18.5 Å². The fraction of sp³-hybridized carbons (Fsp3) is 0.143. The molecule has 4 rings (SSSR count). The standard InChI is InChI=1S/C28H23Br2N3O4/c1-4-13-35-27-24(29)14-20(15-25(27)30)16-31-32-28(34)26-12-11-23(37-26)17-36-22-9-7-21(8-10-22)33-18(2)5-6-19(33)3/h1,5-12,14-16H,13,17H2,2-3H3,(H,32,34)/b31-16+. The number of benzene rings is 2. The predicted molar refractivity (Wildman–Crippen MR) is 150 cm³/mol. The maximum atomic E-state index is 12.4. The zero-order valence-electron chi connectivity index (χ0n) is 20.1. The Morgan fingerprint density at radius 3 is 2.38 bits per heavy atom. The van der Waals surface area contributed by atoms with Crippen molar-refractivity contribution in [1.82, 2.24) is 9.99 Å². The van der Waals surface area contributed by atoms with Gasteiger partial charge in [-0.3, -0.25) is 4.79 Å². The molecule has 0 fully saturated rings. The molecule has 2 aromatic carbocycles. The largest absolute Gasteiger partial charge is 0.486 e. The Labute approximate surface area is 231 Å². The number of ether oxygens (including phenoxy) is 2. The molecule has 188 valence electrons. The van der Waals surface area contributed by atoms with Crippen LogP contribution in [0.1, 0.15) is 33.3 Å². The van der Waals surface area contributed by atoms with E-state index in [1.165, 1.54) is 17.6 Å². The normalized spacial score (nSPS) is 10.9. The van der Waals surface area contributed by atoms with E-state index in [1.54, 1.807) is 24.3 Å². The zero-order valence-corrected chi connectivity index (χ0v) is 23.3.